The molecule has 3 rings (SSSR count). The summed E-state index contributed by atoms with van der Waals surface area (Å²) < 4.78 is 11.2. The van der Waals surface area contributed by atoms with Crippen molar-refractivity contribution in [3.8, 4) is 5.75 Å². The Morgan fingerprint density at radius 1 is 1.33 bits per heavy atom. The minimum atomic E-state index is -0.469. The third-order valence-electron chi connectivity index (χ3n) is 4.31. The summed E-state index contributed by atoms with van der Waals surface area (Å²) in [5.41, 5.74) is 1.80. The summed E-state index contributed by atoms with van der Waals surface area (Å²) >= 11 is 0. The minimum absolute atomic E-state index is 0.104. The molecule has 1 atom stereocenters. The van der Waals surface area contributed by atoms with Crippen molar-refractivity contribution < 1.29 is 14.3 Å². The fourth-order valence-electron chi connectivity index (χ4n) is 3.05. The van der Waals surface area contributed by atoms with Gasteiger partial charge in [0.25, 0.3) is 0 Å². The predicted octanol–water partition coefficient (Wildman–Crippen LogP) is 2.40. The molecule has 1 N–H and O–H groups in total. The molecule has 0 spiro atoms. The average molecular weight is 333 g/mol. The molecule has 6 heteroatoms. The van der Waals surface area contributed by atoms with Crippen LogP contribution >= 0.6 is 0 Å². The van der Waals surface area contributed by atoms with Crippen molar-refractivity contribution in [1.82, 2.24) is 10.2 Å². The molecule has 1 aromatic carbocycles. The van der Waals surface area contributed by atoms with Gasteiger partial charge in [-0.1, -0.05) is 6.07 Å². The lowest BCUT2D eigenvalue weighted by Crippen LogP contribution is -2.49. The highest BCUT2D eigenvalue weighted by molar-refractivity contribution is 5.68. The Balaban J connectivity index is 1.73. The number of ether oxygens (including phenoxy) is 2. The zero-order valence-electron chi connectivity index (χ0n) is 15.0. The van der Waals surface area contributed by atoms with Gasteiger partial charge in [-0.2, -0.15) is 0 Å². The molecule has 1 amide bonds. The van der Waals surface area contributed by atoms with Gasteiger partial charge in [-0.3, -0.25) is 0 Å². The SMILES string of the molecule is CN1CCOc2ccc(C3CN(C(=O)OC(C)(C)C)CCN3)cc21. The summed E-state index contributed by atoms with van der Waals surface area (Å²) in [7, 11) is 2.08. The first kappa shape index (κ1) is 16.9. The van der Waals surface area contributed by atoms with Gasteiger partial charge in [0.15, 0.2) is 0 Å². The van der Waals surface area contributed by atoms with Crippen LogP contribution in [-0.4, -0.2) is 56.4 Å². The molecule has 0 aliphatic carbocycles. The number of anilines is 1. The molecule has 2 heterocycles. The lowest BCUT2D eigenvalue weighted by Gasteiger charge is -2.36. The van der Waals surface area contributed by atoms with Crippen molar-refractivity contribution in [3.05, 3.63) is 23.8 Å². The molecule has 132 valence electrons. The summed E-state index contributed by atoms with van der Waals surface area (Å²) in [6.45, 7) is 9.32. The molecule has 0 saturated carbocycles. The molecule has 24 heavy (non-hydrogen) atoms. The number of carbonyl (C=O) groups is 1. The Labute approximate surface area is 143 Å². The van der Waals surface area contributed by atoms with Crippen LogP contribution in [0.3, 0.4) is 0 Å². The summed E-state index contributed by atoms with van der Waals surface area (Å²) in [6.07, 6.45) is -0.243. The van der Waals surface area contributed by atoms with Gasteiger partial charge >= 0.3 is 6.09 Å². The number of rotatable bonds is 1. The second-order valence-corrected chi connectivity index (χ2v) is 7.43. The van der Waals surface area contributed by atoms with Gasteiger partial charge in [-0.15, -0.1) is 0 Å². The largest absolute Gasteiger partial charge is 0.490 e. The summed E-state index contributed by atoms with van der Waals surface area (Å²) in [5, 5.41) is 3.50. The summed E-state index contributed by atoms with van der Waals surface area (Å²) in [4.78, 5) is 16.3. The number of carbonyl (C=O) groups excluding carboxylic acids is 1. The second-order valence-electron chi connectivity index (χ2n) is 7.43. The molecule has 2 aliphatic heterocycles. The van der Waals surface area contributed by atoms with Crippen LogP contribution < -0.4 is 15.0 Å². The van der Waals surface area contributed by atoms with E-state index in [9.17, 15) is 4.79 Å². The quantitative estimate of drug-likeness (QED) is 0.855. The van der Waals surface area contributed by atoms with Gasteiger partial charge in [0.2, 0.25) is 0 Å². The van der Waals surface area contributed by atoms with Gasteiger partial charge in [0.05, 0.1) is 18.3 Å². The average Bonchev–Trinajstić information content (AvgIpc) is 2.53. The summed E-state index contributed by atoms with van der Waals surface area (Å²) in [6, 6.07) is 6.36. The number of likely N-dealkylation sites (N-methyl/N-ethyl adjacent to an activating group) is 1. The number of amides is 1. The highest BCUT2D eigenvalue weighted by Crippen LogP contribution is 2.33. The van der Waals surface area contributed by atoms with Crippen LogP contribution in [0.2, 0.25) is 0 Å². The molecular formula is C18H27N3O3. The first-order valence-corrected chi connectivity index (χ1v) is 8.53. The second kappa shape index (κ2) is 6.51. The van der Waals surface area contributed by atoms with Crippen molar-refractivity contribution in [1.29, 1.82) is 0 Å². The van der Waals surface area contributed by atoms with E-state index in [-0.39, 0.29) is 12.1 Å². The van der Waals surface area contributed by atoms with E-state index in [1.807, 2.05) is 26.8 Å². The van der Waals surface area contributed by atoms with E-state index < -0.39 is 5.60 Å². The molecule has 1 unspecified atom stereocenters. The molecular weight excluding hydrogens is 306 g/mol. The molecule has 0 bridgehead atoms. The maximum absolute atomic E-state index is 12.3. The number of nitrogens with one attached hydrogen (secondary N) is 1. The van der Waals surface area contributed by atoms with Crippen molar-refractivity contribution in [3.63, 3.8) is 0 Å². The molecule has 2 aliphatic rings. The van der Waals surface area contributed by atoms with E-state index in [4.69, 9.17) is 9.47 Å². The third-order valence-corrected chi connectivity index (χ3v) is 4.31. The zero-order chi connectivity index (χ0) is 17.3. The van der Waals surface area contributed by atoms with Gasteiger partial charge < -0.3 is 24.6 Å². The Morgan fingerprint density at radius 2 is 2.12 bits per heavy atom. The number of nitrogens with zero attached hydrogens (tertiary/aromatic N) is 2. The van der Waals surface area contributed by atoms with Crippen molar-refractivity contribution >= 4 is 11.8 Å². The smallest absolute Gasteiger partial charge is 0.410 e. The normalized spacial score (nSPS) is 21.1. The van der Waals surface area contributed by atoms with E-state index in [1.165, 1.54) is 5.56 Å². The van der Waals surface area contributed by atoms with Gasteiger partial charge in [0, 0.05) is 26.7 Å². The van der Waals surface area contributed by atoms with E-state index in [0.29, 0.717) is 13.1 Å². The van der Waals surface area contributed by atoms with E-state index in [1.54, 1.807) is 4.90 Å². The molecule has 0 radical (unpaired) electrons. The number of benzene rings is 1. The Kier molecular flexibility index (Phi) is 4.58. The Hall–Kier alpha value is -1.95. The number of hydrogen-bond donors (Lipinski definition) is 1. The number of hydrogen-bond acceptors (Lipinski definition) is 5. The number of fused-ring (bicyclic) bond motifs is 1. The minimum Gasteiger partial charge on any atom is -0.490 e. The van der Waals surface area contributed by atoms with Crippen molar-refractivity contribution in [2.75, 3.05) is 44.7 Å². The van der Waals surface area contributed by atoms with E-state index in [2.05, 4.69) is 29.4 Å². The van der Waals surface area contributed by atoms with Crippen LogP contribution in [-0.2, 0) is 4.74 Å². The highest BCUT2D eigenvalue weighted by Gasteiger charge is 2.28. The first-order valence-electron chi connectivity index (χ1n) is 8.53. The monoisotopic (exact) mass is 333 g/mol. The molecule has 1 aromatic rings. The molecule has 6 nitrogen and oxygen atoms in total. The predicted molar refractivity (Wildman–Crippen MR) is 93.8 cm³/mol. The lowest BCUT2D eigenvalue weighted by atomic mass is 10.0. The lowest BCUT2D eigenvalue weighted by molar-refractivity contribution is 0.0195. The van der Waals surface area contributed by atoms with Gasteiger partial charge in [-0.05, 0) is 38.5 Å². The van der Waals surface area contributed by atoms with Crippen LogP contribution in [0.15, 0.2) is 18.2 Å². The molecule has 1 saturated heterocycles. The first-order chi connectivity index (χ1) is 11.3. The molecule has 1 fully saturated rings. The van der Waals surface area contributed by atoms with Crippen molar-refractivity contribution in [2.24, 2.45) is 0 Å². The topological polar surface area (TPSA) is 54.0 Å². The Morgan fingerprint density at radius 3 is 2.88 bits per heavy atom. The van der Waals surface area contributed by atoms with E-state index in [0.717, 1.165) is 31.1 Å². The maximum Gasteiger partial charge on any atom is 0.410 e. The number of piperazine rings is 1. The maximum atomic E-state index is 12.3. The van der Waals surface area contributed by atoms with Crippen LogP contribution in [0.25, 0.3) is 0 Å². The van der Waals surface area contributed by atoms with Crippen molar-refractivity contribution in [2.45, 2.75) is 32.4 Å². The highest BCUT2D eigenvalue weighted by atomic mass is 16.6. The standard InChI is InChI=1S/C18H27N3O3/c1-18(2,3)24-17(22)21-8-7-19-14(12-21)13-5-6-16-15(11-13)20(4)9-10-23-16/h5-6,11,14,19H,7-10,12H2,1-4H3. The van der Waals surface area contributed by atoms with Crippen LogP contribution in [0.4, 0.5) is 10.5 Å². The fourth-order valence-corrected chi connectivity index (χ4v) is 3.05. The summed E-state index contributed by atoms with van der Waals surface area (Å²) in [5.74, 6) is 0.923. The molecule has 0 aromatic heterocycles. The third kappa shape index (κ3) is 3.75. The van der Waals surface area contributed by atoms with Crippen LogP contribution in [0.1, 0.15) is 32.4 Å². The zero-order valence-corrected chi connectivity index (χ0v) is 15.0. The Bertz CT molecular complexity index is 612. The van der Waals surface area contributed by atoms with Crippen LogP contribution in [0.5, 0.6) is 5.75 Å². The fraction of sp³-hybridized carbons (Fsp3) is 0.611. The van der Waals surface area contributed by atoms with Crippen LogP contribution in [0, 0.1) is 0 Å². The van der Waals surface area contributed by atoms with Gasteiger partial charge in [0.1, 0.15) is 18.0 Å². The van der Waals surface area contributed by atoms with E-state index >= 15 is 0 Å². The van der Waals surface area contributed by atoms with Gasteiger partial charge in [-0.25, -0.2) is 4.79 Å².